The molecule has 0 radical (unpaired) electrons. The summed E-state index contributed by atoms with van der Waals surface area (Å²) in [7, 11) is 0. The zero-order valence-electron chi connectivity index (χ0n) is 34.4. The van der Waals surface area contributed by atoms with E-state index in [1.807, 2.05) is 65.2 Å². The number of amides is 4. The second-order valence-corrected chi connectivity index (χ2v) is 15.3. The summed E-state index contributed by atoms with van der Waals surface area (Å²) >= 11 is 0. The number of fused-ring (bicyclic) bond motifs is 2. The Balaban J connectivity index is 0.000000162. The predicted octanol–water partition coefficient (Wildman–Crippen LogP) is 7.35. The number of phenolic OH excluding ortho intramolecular Hbond substituents is 2. The fourth-order valence-corrected chi connectivity index (χ4v) is 8.12. The van der Waals surface area contributed by atoms with Crippen molar-refractivity contribution in [1.29, 1.82) is 0 Å². The zero-order valence-corrected chi connectivity index (χ0v) is 34.4. The molecule has 1 aromatic heterocycles. The molecule has 0 aliphatic carbocycles. The fourth-order valence-electron chi connectivity index (χ4n) is 8.12. The van der Waals surface area contributed by atoms with Crippen molar-refractivity contribution in [3.63, 3.8) is 0 Å². The molecule has 14 heteroatoms. The number of rotatable bonds is 11. The van der Waals surface area contributed by atoms with Crippen molar-refractivity contribution >= 4 is 35.0 Å². The molecule has 1 unspecified atom stereocenters. The average molecular weight is 855 g/mol. The molecule has 4 heterocycles. The molecule has 0 bridgehead atoms. The maximum atomic E-state index is 12.7. The monoisotopic (exact) mass is 854 g/mol. The Kier molecular flexibility index (Phi) is 11.7. The van der Waals surface area contributed by atoms with Crippen molar-refractivity contribution in [1.82, 2.24) is 19.7 Å². The number of hydrogen-bond acceptors (Lipinski definition) is 11. The van der Waals surface area contributed by atoms with Gasteiger partial charge in [0.2, 0.25) is 0 Å². The molecule has 0 saturated carbocycles. The van der Waals surface area contributed by atoms with Crippen molar-refractivity contribution in [2.45, 2.75) is 19.2 Å². The number of para-hydroxylation sites is 1. The lowest BCUT2D eigenvalue weighted by Crippen LogP contribution is -2.56. The van der Waals surface area contributed by atoms with E-state index >= 15 is 0 Å². The van der Waals surface area contributed by atoms with E-state index in [0.717, 1.165) is 39.2 Å². The van der Waals surface area contributed by atoms with Crippen LogP contribution in [-0.4, -0.2) is 85.8 Å². The quantitative estimate of drug-likeness (QED) is 0.125. The molecular weight excluding hydrogens is 813 g/mol. The number of nitrogens with zero attached hydrogens (tertiary/aromatic N) is 6. The van der Waals surface area contributed by atoms with Crippen molar-refractivity contribution in [3.8, 4) is 22.8 Å². The van der Waals surface area contributed by atoms with Crippen LogP contribution in [0.2, 0.25) is 0 Å². The molecule has 1 saturated heterocycles. The normalized spacial score (nSPS) is 15.6. The first-order valence-corrected chi connectivity index (χ1v) is 20.7. The smallest absolute Gasteiger partial charge is 0.285 e. The number of carbonyl (C=O) groups excluding carboxylic acids is 4. The van der Waals surface area contributed by atoms with E-state index in [4.69, 9.17) is 9.68 Å². The number of benzene rings is 6. The lowest BCUT2D eigenvalue weighted by Gasteiger charge is -2.43. The van der Waals surface area contributed by atoms with Gasteiger partial charge in [0.05, 0.1) is 52.6 Å². The molecule has 1 fully saturated rings. The molecule has 320 valence electrons. The number of imide groups is 2. The second kappa shape index (κ2) is 18.1. The van der Waals surface area contributed by atoms with Crippen LogP contribution in [0.25, 0.3) is 11.3 Å². The number of aromatic hydroxyl groups is 2. The van der Waals surface area contributed by atoms with Gasteiger partial charge in [-0.3, -0.25) is 28.9 Å². The van der Waals surface area contributed by atoms with Crippen molar-refractivity contribution in [2.24, 2.45) is 0 Å². The van der Waals surface area contributed by atoms with Gasteiger partial charge in [0.25, 0.3) is 23.6 Å². The SMILES string of the molecule is O=C1c2ccccc2C(=O)N1OCC1CN(c2ccccc2)CCN1c1cccc(O)c1.O=C1c2ccccc2C(=O)N1OCc1c(-c2ccccc2)ncn1Cc1cccc(O)c1. The highest BCUT2D eigenvalue weighted by Crippen LogP contribution is 2.30. The minimum Gasteiger partial charge on any atom is -0.508 e. The standard InChI is InChI=1S/C25H19N3O4.C25H23N3O4/c29-19-10-6-7-17(13-19)14-27-16-26-23(18-8-2-1-3-9-18)22(27)15-32-28-24(30)20-11-4-5-12-21(20)25(28)31;29-21-10-6-9-19(15-21)27-14-13-26(18-7-2-1-3-8-18)16-20(27)17-32-28-24(30)22-11-4-5-12-23(22)25(28)31/h1-13,16,29H,14-15H2;1-12,15,20,29H,13-14,16-17H2. The Morgan fingerprint density at radius 1 is 0.562 bits per heavy atom. The van der Waals surface area contributed by atoms with Crippen LogP contribution < -0.4 is 9.80 Å². The summed E-state index contributed by atoms with van der Waals surface area (Å²) in [6.45, 7) is 2.69. The summed E-state index contributed by atoms with van der Waals surface area (Å²) in [6, 6.07) is 47.0. The van der Waals surface area contributed by atoms with Crippen LogP contribution in [0.15, 0.2) is 164 Å². The summed E-state index contributed by atoms with van der Waals surface area (Å²) in [6.07, 6.45) is 1.69. The molecular formula is C50H42N6O8. The lowest BCUT2D eigenvalue weighted by atomic mass is 10.1. The molecule has 10 rings (SSSR count). The summed E-state index contributed by atoms with van der Waals surface area (Å²) in [5, 5.41) is 21.4. The van der Waals surface area contributed by atoms with Crippen molar-refractivity contribution < 1.29 is 39.1 Å². The Morgan fingerprint density at radius 3 is 1.69 bits per heavy atom. The van der Waals surface area contributed by atoms with Crippen LogP contribution in [0.3, 0.4) is 0 Å². The number of hydroxylamine groups is 4. The molecule has 0 spiro atoms. The molecule has 6 aromatic carbocycles. The van der Waals surface area contributed by atoms with Crippen LogP contribution in [-0.2, 0) is 22.8 Å². The summed E-state index contributed by atoms with van der Waals surface area (Å²) in [4.78, 5) is 71.2. The molecule has 3 aliphatic heterocycles. The van der Waals surface area contributed by atoms with Gasteiger partial charge < -0.3 is 24.6 Å². The fraction of sp³-hybridized carbons (Fsp3) is 0.140. The number of aromatic nitrogens is 2. The Labute approximate surface area is 368 Å². The van der Waals surface area contributed by atoms with Gasteiger partial charge in [0.1, 0.15) is 18.1 Å². The van der Waals surface area contributed by atoms with E-state index in [1.165, 1.54) is 0 Å². The number of phenols is 2. The Morgan fingerprint density at radius 2 is 1.09 bits per heavy atom. The van der Waals surface area contributed by atoms with E-state index in [1.54, 1.807) is 91.3 Å². The van der Waals surface area contributed by atoms with Crippen LogP contribution in [0.4, 0.5) is 11.4 Å². The molecule has 4 amide bonds. The number of hydrogen-bond donors (Lipinski definition) is 2. The molecule has 7 aromatic rings. The third-order valence-electron chi connectivity index (χ3n) is 11.3. The summed E-state index contributed by atoms with van der Waals surface area (Å²) < 4.78 is 1.88. The highest BCUT2D eigenvalue weighted by molar-refractivity contribution is 6.21. The third-order valence-corrected chi connectivity index (χ3v) is 11.3. The topological polar surface area (TPSA) is 158 Å². The van der Waals surface area contributed by atoms with Gasteiger partial charge in [0, 0.05) is 49.2 Å². The molecule has 64 heavy (non-hydrogen) atoms. The van der Waals surface area contributed by atoms with Gasteiger partial charge >= 0.3 is 0 Å². The van der Waals surface area contributed by atoms with Crippen molar-refractivity contribution in [2.75, 3.05) is 36.0 Å². The second-order valence-electron chi connectivity index (χ2n) is 15.3. The van der Waals surface area contributed by atoms with Crippen LogP contribution >= 0.6 is 0 Å². The van der Waals surface area contributed by atoms with Gasteiger partial charge in [-0.05, 0) is 66.2 Å². The highest BCUT2D eigenvalue weighted by atomic mass is 16.7. The van der Waals surface area contributed by atoms with Gasteiger partial charge in [-0.2, -0.15) is 0 Å². The van der Waals surface area contributed by atoms with E-state index in [-0.39, 0.29) is 30.8 Å². The van der Waals surface area contributed by atoms with E-state index in [0.29, 0.717) is 53.3 Å². The Hall–Kier alpha value is -8.07. The Bertz CT molecular complexity index is 2780. The first-order chi connectivity index (χ1) is 31.2. The highest BCUT2D eigenvalue weighted by Gasteiger charge is 2.39. The molecule has 14 nitrogen and oxygen atoms in total. The van der Waals surface area contributed by atoms with Crippen LogP contribution in [0.5, 0.6) is 11.5 Å². The average Bonchev–Trinajstić information content (AvgIpc) is 3.92. The third kappa shape index (κ3) is 8.42. The predicted molar refractivity (Wildman–Crippen MR) is 237 cm³/mol. The van der Waals surface area contributed by atoms with Gasteiger partial charge in [-0.25, -0.2) is 4.98 Å². The number of carbonyl (C=O) groups is 4. The van der Waals surface area contributed by atoms with Gasteiger partial charge in [-0.1, -0.05) is 91.0 Å². The maximum absolute atomic E-state index is 12.7. The van der Waals surface area contributed by atoms with E-state index in [9.17, 15) is 29.4 Å². The van der Waals surface area contributed by atoms with Crippen LogP contribution in [0, 0.1) is 0 Å². The molecule has 2 N–H and O–H groups in total. The zero-order chi connectivity index (χ0) is 44.2. The number of piperazine rings is 1. The maximum Gasteiger partial charge on any atom is 0.285 e. The van der Waals surface area contributed by atoms with Gasteiger partial charge in [0.15, 0.2) is 0 Å². The van der Waals surface area contributed by atoms with E-state index < -0.39 is 23.6 Å². The number of imidazole rings is 1. The first-order valence-electron chi connectivity index (χ1n) is 20.7. The van der Waals surface area contributed by atoms with Gasteiger partial charge in [-0.15, -0.1) is 10.1 Å². The lowest BCUT2D eigenvalue weighted by molar-refractivity contribution is -0.102. The minimum absolute atomic E-state index is 0.0332. The van der Waals surface area contributed by atoms with Crippen LogP contribution in [0.1, 0.15) is 52.7 Å². The van der Waals surface area contributed by atoms with E-state index in [2.05, 4.69) is 26.9 Å². The summed E-state index contributed by atoms with van der Waals surface area (Å²) in [5.41, 5.74) is 6.52. The molecule has 3 aliphatic rings. The summed E-state index contributed by atoms with van der Waals surface area (Å²) in [5.74, 6) is -1.48. The van der Waals surface area contributed by atoms with Crippen molar-refractivity contribution in [3.05, 3.63) is 198 Å². The number of anilines is 2. The first kappa shape index (κ1) is 41.3. The minimum atomic E-state index is -0.481. The molecule has 1 atom stereocenters. The largest absolute Gasteiger partial charge is 0.508 e.